The largest absolute Gasteiger partial charge is 0.481 e. The van der Waals surface area contributed by atoms with Crippen molar-refractivity contribution >= 4 is 5.97 Å². The summed E-state index contributed by atoms with van der Waals surface area (Å²) < 4.78 is 0. The maximum Gasteiger partial charge on any atom is 0.303 e. The molecule has 0 heterocycles. The summed E-state index contributed by atoms with van der Waals surface area (Å²) in [5, 5.41) is 12.2. The van der Waals surface area contributed by atoms with Gasteiger partial charge in [0.2, 0.25) is 0 Å². The second-order valence-corrected chi connectivity index (χ2v) is 6.67. The first-order valence-corrected chi connectivity index (χ1v) is 7.36. The topological polar surface area (TPSA) is 49.3 Å². The van der Waals surface area contributed by atoms with Crippen LogP contribution in [0.15, 0.2) is 0 Å². The fourth-order valence-electron chi connectivity index (χ4n) is 3.10. The van der Waals surface area contributed by atoms with Crippen molar-refractivity contribution in [2.75, 3.05) is 6.54 Å². The Bertz CT molecular complexity index is 258. The molecule has 1 fully saturated rings. The first kappa shape index (κ1) is 15.5. The predicted octanol–water partition coefficient (Wildman–Crippen LogP) is 3.44. The maximum absolute atomic E-state index is 10.4. The van der Waals surface area contributed by atoms with Crippen molar-refractivity contribution in [3.8, 4) is 0 Å². The van der Waals surface area contributed by atoms with Crippen molar-refractivity contribution in [3.05, 3.63) is 0 Å². The first-order chi connectivity index (χ1) is 8.41. The summed E-state index contributed by atoms with van der Waals surface area (Å²) in [7, 11) is 0. The standard InChI is InChI=1S/C15H29NO2/c1-15(2,3)12-8-4-5-9-13(12)16-11-7-6-10-14(17)18/h12-13,16H,4-11H2,1-3H3,(H,17,18). The third-order valence-electron chi connectivity index (χ3n) is 4.10. The first-order valence-electron chi connectivity index (χ1n) is 7.36. The summed E-state index contributed by atoms with van der Waals surface area (Å²) in [5.74, 6) is 0.0750. The second-order valence-electron chi connectivity index (χ2n) is 6.67. The minimum atomic E-state index is -0.680. The SMILES string of the molecule is CC(C)(C)C1CCCCC1NCCCCC(=O)O. The van der Waals surface area contributed by atoms with E-state index in [-0.39, 0.29) is 0 Å². The Hall–Kier alpha value is -0.570. The molecule has 3 heteroatoms. The molecule has 0 aliphatic heterocycles. The van der Waals surface area contributed by atoms with Crippen molar-refractivity contribution < 1.29 is 9.90 Å². The molecular formula is C15H29NO2. The molecule has 2 N–H and O–H groups in total. The highest BCUT2D eigenvalue weighted by molar-refractivity contribution is 5.66. The number of unbranched alkanes of at least 4 members (excludes halogenated alkanes) is 1. The van der Waals surface area contributed by atoms with Gasteiger partial charge in [0.25, 0.3) is 0 Å². The Morgan fingerprint density at radius 1 is 1.22 bits per heavy atom. The van der Waals surface area contributed by atoms with Crippen LogP contribution in [0.25, 0.3) is 0 Å². The number of hydrogen-bond acceptors (Lipinski definition) is 2. The summed E-state index contributed by atoms with van der Waals surface area (Å²) >= 11 is 0. The molecule has 106 valence electrons. The normalized spacial score (nSPS) is 25.1. The van der Waals surface area contributed by atoms with Gasteiger partial charge in [-0.1, -0.05) is 33.6 Å². The highest BCUT2D eigenvalue weighted by Gasteiger charge is 2.33. The van der Waals surface area contributed by atoms with Gasteiger partial charge >= 0.3 is 5.97 Å². The van der Waals surface area contributed by atoms with E-state index in [1.165, 1.54) is 25.7 Å². The molecule has 0 aromatic carbocycles. The molecule has 0 amide bonds. The van der Waals surface area contributed by atoms with Gasteiger partial charge in [-0.15, -0.1) is 0 Å². The Morgan fingerprint density at radius 2 is 1.89 bits per heavy atom. The molecule has 1 rings (SSSR count). The average Bonchev–Trinajstić information content (AvgIpc) is 2.27. The second kappa shape index (κ2) is 7.13. The Morgan fingerprint density at radius 3 is 2.50 bits per heavy atom. The van der Waals surface area contributed by atoms with Crippen molar-refractivity contribution in [2.24, 2.45) is 11.3 Å². The van der Waals surface area contributed by atoms with Gasteiger partial charge in [-0.25, -0.2) is 0 Å². The lowest BCUT2D eigenvalue weighted by Crippen LogP contribution is -2.44. The number of hydrogen-bond donors (Lipinski definition) is 2. The summed E-state index contributed by atoms with van der Waals surface area (Å²) in [6.45, 7) is 7.97. The number of aliphatic carboxylic acids is 1. The maximum atomic E-state index is 10.4. The molecule has 0 bridgehead atoms. The number of carbonyl (C=O) groups is 1. The van der Waals surface area contributed by atoms with E-state index in [0.717, 1.165) is 25.3 Å². The van der Waals surface area contributed by atoms with Crippen LogP contribution in [0.5, 0.6) is 0 Å². The van der Waals surface area contributed by atoms with Gasteiger partial charge in [0.05, 0.1) is 0 Å². The van der Waals surface area contributed by atoms with Crippen LogP contribution in [-0.4, -0.2) is 23.7 Å². The van der Waals surface area contributed by atoms with Crippen LogP contribution in [0, 0.1) is 11.3 Å². The van der Waals surface area contributed by atoms with E-state index >= 15 is 0 Å². The zero-order valence-corrected chi connectivity index (χ0v) is 12.2. The summed E-state index contributed by atoms with van der Waals surface area (Å²) in [5.41, 5.74) is 0.374. The zero-order valence-electron chi connectivity index (χ0n) is 12.2. The molecule has 2 atom stereocenters. The molecule has 18 heavy (non-hydrogen) atoms. The van der Waals surface area contributed by atoms with E-state index in [9.17, 15) is 4.79 Å². The van der Waals surface area contributed by atoms with Gasteiger partial charge in [-0.3, -0.25) is 4.79 Å². The number of carboxylic acids is 1. The van der Waals surface area contributed by atoms with Gasteiger partial charge in [0.15, 0.2) is 0 Å². The van der Waals surface area contributed by atoms with Gasteiger partial charge in [0, 0.05) is 12.5 Å². The molecule has 0 saturated heterocycles. The quantitative estimate of drug-likeness (QED) is 0.715. The summed E-state index contributed by atoms with van der Waals surface area (Å²) in [4.78, 5) is 10.4. The predicted molar refractivity (Wildman–Crippen MR) is 74.7 cm³/mol. The molecule has 3 nitrogen and oxygen atoms in total. The van der Waals surface area contributed by atoms with Crippen molar-refractivity contribution in [1.29, 1.82) is 0 Å². The van der Waals surface area contributed by atoms with E-state index in [1.54, 1.807) is 0 Å². The van der Waals surface area contributed by atoms with Gasteiger partial charge in [-0.2, -0.15) is 0 Å². The van der Waals surface area contributed by atoms with Crippen LogP contribution in [0.3, 0.4) is 0 Å². The lowest BCUT2D eigenvalue weighted by atomic mass is 9.69. The van der Waals surface area contributed by atoms with Gasteiger partial charge in [-0.05, 0) is 43.6 Å². The molecule has 1 aliphatic rings. The van der Waals surface area contributed by atoms with Crippen LogP contribution in [-0.2, 0) is 4.79 Å². The molecule has 2 unspecified atom stereocenters. The van der Waals surface area contributed by atoms with E-state index in [0.29, 0.717) is 17.9 Å². The van der Waals surface area contributed by atoms with E-state index < -0.39 is 5.97 Å². The van der Waals surface area contributed by atoms with E-state index in [1.807, 2.05) is 0 Å². The number of nitrogens with one attached hydrogen (secondary N) is 1. The van der Waals surface area contributed by atoms with E-state index in [4.69, 9.17) is 5.11 Å². The Balaban J connectivity index is 2.28. The van der Waals surface area contributed by atoms with Crippen molar-refractivity contribution in [3.63, 3.8) is 0 Å². The van der Waals surface area contributed by atoms with Gasteiger partial charge in [0.1, 0.15) is 0 Å². The number of rotatable bonds is 6. The Labute approximate surface area is 111 Å². The average molecular weight is 255 g/mol. The minimum Gasteiger partial charge on any atom is -0.481 e. The molecule has 0 aromatic heterocycles. The molecule has 1 aliphatic carbocycles. The van der Waals surface area contributed by atoms with E-state index in [2.05, 4.69) is 26.1 Å². The number of carboxylic acid groups (broad SMARTS) is 1. The molecule has 0 radical (unpaired) electrons. The molecular weight excluding hydrogens is 226 g/mol. The summed E-state index contributed by atoms with van der Waals surface area (Å²) in [6, 6.07) is 0.628. The van der Waals surface area contributed by atoms with Crippen molar-refractivity contribution in [1.82, 2.24) is 5.32 Å². The monoisotopic (exact) mass is 255 g/mol. The molecule has 0 spiro atoms. The lowest BCUT2D eigenvalue weighted by Gasteiger charge is -2.41. The van der Waals surface area contributed by atoms with Crippen LogP contribution >= 0.6 is 0 Å². The minimum absolute atomic E-state index is 0.301. The van der Waals surface area contributed by atoms with Crippen LogP contribution in [0.4, 0.5) is 0 Å². The fourth-order valence-corrected chi connectivity index (χ4v) is 3.10. The van der Waals surface area contributed by atoms with Crippen LogP contribution < -0.4 is 5.32 Å². The third kappa shape index (κ3) is 5.38. The Kier molecular flexibility index (Phi) is 6.13. The smallest absolute Gasteiger partial charge is 0.303 e. The lowest BCUT2D eigenvalue weighted by molar-refractivity contribution is -0.137. The third-order valence-corrected chi connectivity index (χ3v) is 4.10. The van der Waals surface area contributed by atoms with Crippen LogP contribution in [0.2, 0.25) is 0 Å². The highest BCUT2D eigenvalue weighted by atomic mass is 16.4. The fraction of sp³-hybridized carbons (Fsp3) is 0.933. The van der Waals surface area contributed by atoms with Gasteiger partial charge < -0.3 is 10.4 Å². The highest BCUT2D eigenvalue weighted by Crippen LogP contribution is 2.37. The molecule has 0 aromatic rings. The summed E-state index contributed by atoms with van der Waals surface area (Å²) in [6.07, 6.45) is 7.36. The van der Waals surface area contributed by atoms with Crippen LogP contribution in [0.1, 0.15) is 65.7 Å². The molecule has 1 saturated carbocycles. The van der Waals surface area contributed by atoms with Crippen molar-refractivity contribution in [2.45, 2.75) is 71.8 Å². The zero-order chi connectivity index (χ0) is 13.6.